The lowest BCUT2D eigenvalue weighted by Crippen LogP contribution is -2.50. The number of anilines is 2. The third-order valence-corrected chi connectivity index (χ3v) is 4.83. The summed E-state index contributed by atoms with van der Waals surface area (Å²) >= 11 is 1.47. The van der Waals surface area contributed by atoms with Gasteiger partial charge in [-0.25, -0.2) is 9.78 Å². The Morgan fingerprint density at radius 2 is 2.26 bits per heavy atom. The van der Waals surface area contributed by atoms with Gasteiger partial charge < -0.3 is 15.3 Å². The monoisotopic (exact) mass is 331 g/mol. The van der Waals surface area contributed by atoms with Gasteiger partial charge in [-0.05, 0) is 38.0 Å². The Labute approximate surface area is 137 Å². The average Bonchev–Trinajstić information content (AvgIpc) is 3.17. The van der Waals surface area contributed by atoms with Crippen LogP contribution in [0.2, 0.25) is 0 Å². The van der Waals surface area contributed by atoms with Crippen LogP contribution in [0.5, 0.6) is 0 Å². The lowest BCUT2D eigenvalue weighted by molar-refractivity contribution is -0.147. The standard InChI is InChI=1S/C16H17N3O3S/c1-16(14(21)22)6-3-8-19(16)13(20)11-4-2-5-12(10-11)18-15-17-7-9-23-15/h2,4-5,7,9-10H,3,6,8H2,1H3,(H,17,18)(H,21,22). The number of likely N-dealkylation sites (tertiary alicyclic amines) is 1. The van der Waals surface area contributed by atoms with Crippen LogP contribution in [0.1, 0.15) is 30.1 Å². The minimum absolute atomic E-state index is 0.254. The molecule has 1 aromatic carbocycles. The van der Waals surface area contributed by atoms with Crippen molar-refractivity contribution in [2.75, 3.05) is 11.9 Å². The number of thiazole rings is 1. The molecule has 0 aliphatic carbocycles. The van der Waals surface area contributed by atoms with E-state index in [0.717, 1.165) is 10.8 Å². The normalized spacial score (nSPS) is 20.5. The fourth-order valence-corrected chi connectivity index (χ4v) is 3.35. The number of hydrogen-bond acceptors (Lipinski definition) is 5. The van der Waals surface area contributed by atoms with Crippen LogP contribution in [0.4, 0.5) is 10.8 Å². The van der Waals surface area contributed by atoms with Crippen molar-refractivity contribution in [3.63, 3.8) is 0 Å². The van der Waals surface area contributed by atoms with Crippen molar-refractivity contribution in [3.05, 3.63) is 41.4 Å². The van der Waals surface area contributed by atoms with Crippen LogP contribution >= 0.6 is 11.3 Å². The number of carboxylic acids is 1. The van der Waals surface area contributed by atoms with Gasteiger partial charge in [0, 0.05) is 29.4 Å². The van der Waals surface area contributed by atoms with Crippen LogP contribution in [0.15, 0.2) is 35.8 Å². The fraction of sp³-hybridized carbons (Fsp3) is 0.312. The van der Waals surface area contributed by atoms with Crippen LogP contribution in [-0.2, 0) is 4.79 Å². The van der Waals surface area contributed by atoms with Gasteiger partial charge in [-0.15, -0.1) is 11.3 Å². The van der Waals surface area contributed by atoms with Crippen molar-refractivity contribution < 1.29 is 14.7 Å². The van der Waals surface area contributed by atoms with E-state index in [-0.39, 0.29) is 5.91 Å². The molecule has 3 rings (SSSR count). The van der Waals surface area contributed by atoms with Crippen LogP contribution in [-0.4, -0.2) is 39.0 Å². The molecule has 0 spiro atoms. The number of hydrogen-bond donors (Lipinski definition) is 2. The largest absolute Gasteiger partial charge is 0.480 e. The second-order valence-electron chi connectivity index (χ2n) is 5.68. The van der Waals surface area contributed by atoms with Gasteiger partial charge >= 0.3 is 5.97 Å². The van der Waals surface area contributed by atoms with E-state index in [9.17, 15) is 14.7 Å². The topological polar surface area (TPSA) is 82.5 Å². The van der Waals surface area contributed by atoms with Crippen LogP contribution in [0.3, 0.4) is 0 Å². The molecule has 1 saturated heterocycles. The molecule has 120 valence electrons. The Morgan fingerprint density at radius 1 is 1.43 bits per heavy atom. The zero-order valence-electron chi connectivity index (χ0n) is 12.7. The summed E-state index contributed by atoms with van der Waals surface area (Å²) in [7, 11) is 0. The summed E-state index contributed by atoms with van der Waals surface area (Å²) < 4.78 is 0. The minimum Gasteiger partial charge on any atom is -0.480 e. The van der Waals surface area contributed by atoms with E-state index >= 15 is 0 Å². The first-order chi connectivity index (χ1) is 11.0. The maximum atomic E-state index is 12.7. The second kappa shape index (κ2) is 6.00. The van der Waals surface area contributed by atoms with Crippen LogP contribution in [0.25, 0.3) is 0 Å². The molecule has 1 atom stereocenters. The molecule has 1 aliphatic rings. The van der Waals surface area contributed by atoms with Gasteiger partial charge in [0.1, 0.15) is 5.54 Å². The van der Waals surface area contributed by atoms with Crippen molar-refractivity contribution >= 4 is 34.0 Å². The quantitative estimate of drug-likeness (QED) is 0.900. The number of amides is 1. The van der Waals surface area contributed by atoms with E-state index in [2.05, 4.69) is 10.3 Å². The number of rotatable bonds is 4. The highest BCUT2D eigenvalue weighted by atomic mass is 32.1. The molecular formula is C16H17N3O3S. The number of carboxylic acid groups (broad SMARTS) is 1. The molecule has 2 N–H and O–H groups in total. The highest BCUT2D eigenvalue weighted by Gasteiger charge is 2.46. The van der Waals surface area contributed by atoms with E-state index in [1.165, 1.54) is 16.2 Å². The zero-order chi connectivity index (χ0) is 16.4. The van der Waals surface area contributed by atoms with Gasteiger partial charge in [-0.3, -0.25) is 4.79 Å². The van der Waals surface area contributed by atoms with E-state index in [1.54, 1.807) is 31.3 Å². The predicted molar refractivity (Wildman–Crippen MR) is 88.2 cm³/mol. The van der Waals surface area contributed by atoms with Gasteiger partial charge in [0.2, 0.25) is 0 Å². The average molecular weight is 331 g/mol. The van der Waals surface area contributed by atoms with E-state index in [0.29, 0.717) is 24.9 Å². The van der Waals surface area contributed by atoms with Gasteiger partial charge in [-0.1, -0.05) is 6.07 Å². The van der Waals surface area contributed by atoms with Crippen molar-refractivity contribution in [1.29, 1.82) is 0 Å². The molecule has 7 heteroatoms. The summed E-state index contributed by atoms with van der Waals surface area (Å²) in [6.45, 7) is 2.07. The number of carbonyl (C=O) groups is 2. The Balaban J connectivity index is 1.84. The summed E-state index contributed by atoms with van der Waals surface area (Å²) in [5.74, 6) is -1.21. The molecule has 2 aromatic rings. The van der Waals surface area contributed by atoms with Gasteiger partial charge in [0.05, 0.1) is 0 Å². The number of aromatic nitrogens is 1. The molecule has 1 amide bonds. The Morgan fingerprint density at radius 3 is 2.96 bits per heavy atom. The molecule has 0 saturated carbocycles. The summed E-state index contributed by atoms with van der Waals surface area (Å²) in [4.78, 5) is 29.9. The molecular weight excluding hydrogens is 314 g/mol. The van der Waals surface area contributed by atoms with Crippen molar-refractivity contribution in [1.82, 2.24) is 9.88 Å². The summed E-state index contributed by atoms with van der Waals surface area (Å²) in [6.07, 6.45) is 2.88. The second-order valence-corrected chi connectivity index (χ2v) is 6.58. The molecule has 1 aliphatic heterocycles. The number of nitrogens with one attached hydrogen (secondary N) is 1. The number of benzene rings is 1. The highest BCUT2D eigenvalue weighted by Crippen LogP contribution is 2.31. The van der Waals surface area contributed by atoms with E-state index in [1.807, 2.05) is 11.4 Å². The Hall–Kier alpha value is -2.41. The minimum atomic E-state index is -1.13. The third-order valence-electron chi connectivity index (χ3n) is 4.14. The molecule has 1 unspecified atom stereocenters. The smallest absolute Gasteiger partial charge is 0.329 e. The fourth-order valence-electron chi connectivity index (χ4n) is 2.81. The predicted octanol–water partition coefficient (Wildman–Crippen LogP) is 2.97. The first-order valence-electron chi connectivity index (χ1n) is 7.33. The summed E-state index contributed by atoms with van der Waals surface area (Å²) in [5, 5.41) is 15.2. The molecule has 6 nitrogen and oxygen atoms in total. The molecule has 0 radical (unpaired) electrons. The summed E-state index contributed by atoms with van der Waals surface area (Å²) in [6, 6.07) is 7.05. The van der Waals surface area contributed by atoms with E-state index in [4.69, 9.17) is 0 Å². The number of aliphatic carboxylic acids is 1. The number of carbonyl (C=O) groups excluding carboxylic acids is 1. The Bertz CT molecular complexity index is 732. The van der Waals surface area contributed by atoms with Crippen molar-refractivity contribution in [2.24, 2.45) is 0 Å². The van der Waals surface area contributed by atoms with Crippen LogP contribution < -0.4 is 5.32 Å². The maximum Gasteiger partial charge on any atom is 0.329 e. The van der Waals surface area contributed by atoms with Crippen molar-refractivity contribution in [3.8, 4) is 0 Å². The molecule has 23 heavy (non-hydrogen) atoms. The molecule has 2 heterocycles. The molecule has 1 fully saturated rings. The lowest BCUT2D eigenvalue weighted by atomic mass is 9.98. The van der Waals surface area contributed by atoms with Gasteiger partial charge in [0.15, 0.2) is 5.13 Å². The third kappa shape index (κ3) is 2.92. The first kappa shape index (κ1) is 15.5. The zero-order valence-corrected chi connectivity index (χ0v) is 13.5. The first-order valence-corrected chi connectivity index (χ1v) is 8.20. The lowest BCUT2D eigenvalue weighted by Gasteiger charge is -2.31. The molecule has 0 bridgehead atoms. The maximum absolute atomic E-state index is 12.7. The Kier molecular flexibility index (Phi) is 4.04. The van der Waals surface area contributed by atoms with Gasteiger partial charge in [0.25, 0.3) is 5.91 Å². The van der Waals surface area contributed by atoms with Gasteiger partial charge in [-0.2, -0.15) is 0 Å². The number of nitrogens with zero attached hydrogens (tertiary/aromatic N) is 2. The SMILES string of the molecule is CC1(C(=O)O)CCCN1C(=O)c1cccc(Nc2nccs2)c1. The molecule has 1 aromatic heterocycles. The highest BCUT2D eigenvalue weighted by molar-refractivity contribution is 7.13. The summed E-state index contributed by atoms with van der Waals surface area (Å²) in [5.41, 5.74) is 0.0958. The van der Waals surface area contributed by atoms with Crippen molar-refractivity contribution in [2.45, 2.75) is 25.3 Å². The van der Waals surface area contributed by atoms with Crippen LogP contribution in [0, 0.1) is 0 Å². The van der Waals surface area contributed by atoms with E-state index < -0.39 is 11.5 Å².